The molecule has 0 aliphatic carbocycles. The van der Waals surface area contributed by atoms with Gasteiger partial charge in [0.05, 0.1) is 6.10 Å². The molecule has 2 nitrogen and oxygen atoms in total. The first-order chi connectivity index (χ1) is 7.68. The highest BCUT2D eigenvalue weighted by molar-refractivity contribution is 4.65. The van der Waals surface area contributed by atoms with Gasteiger partial charge in [-0.15, -0.1) is 0 Å². The lowest BCUT2D eigenvalue weighted by molar-refractivity contribution is 0.152. The minimum Gasteiger partial charge on any atom is -0.392 e. The Morgan fingerprint density at radius 3 is 1.88 bits per heavy atom. The zero-order valence-corrected chi connectivity index (χ0v) is 11.5. The molecule has 0 fully saturated rings. The molecule has 16 heavy (non-hydrogen) atoms. The van der Waals surface area contributed by atoms with E-state index in [1.54, 1.807) is 0 Å². The van der Waals surface area contributed by atoms with Gasteiger partial charge >= 0.3 is 0 Å². The zero-order valence-electron chi connectivity index (χ0n) is 11.5. The third-order valence-corrected chi connectivity index (χ3v) is 3.22. The maximum Gasteiger partial charge on any atom is 0.0662 e. The van der Waals surface area contributed by atoms with Crippen LogP contribution in [0.15, 0.2) is 0 Å². The van der Waals surface area contributed by atoms with Crippen molar-refractivity contribution in [2.45, 2.75) is 84.3 Å². The van der Waals surface area contributed by atoms with Crippen molar-refractivity contribution < 1.29 is 5.11 Å². The Bertz CT molecular complexity index is 137. The molecule has 0 spiro atoms. The molecular formula is C14H31NO. The lowest BCUT2D eigenvalue weighted by Gasteiger charge is -2.16. The molecule has 2 heteroatoms. The van der Waals surface area contributed by atoms with E-state index in [-0.39, 0.29) is 12.1 Å². The monoisotopic (exact) mass is 229 g/mol. The normalized spacial score (nSPS) is 15.0. The summed E-state index contributed by atoms with van der Waals surface area (Å²) in [6.07, 6.45) is 10.6. The third kappa shape index (κ3) is 10.4. The largest absolute Gasteiger partial charge is 0.392 e. The van der Waals surface area contributed by atoms with Crippen LogP contribution in [-0.2, 0) is 0 Å². The van der Waals surface area contributed by atoms with Gasteiger partial charge in [0, 0.05) is 6.04 Å². The summed E-state index contributed by atoms with van der Waals surface area (Å²) < 4.78 is 0. The van der Waals surface area contributed by atoms with Crippen molar-refractivity contribution in [3.8, 4) is 0 Å². The van der Waals surface area contributed by atoms with Crippen molar-refractivity contribution in [2.24, 2.45) is 0 Å². The molecule has 98 valence electrons. The summed E-state index contributed by atoms with van der Waals surface area (Å²) >= 11 is 0. The van der Waals surface area contributed by atoms with E-state index in [0.717, 1.165) is 6.54 Å². The van der Waals surface area contributed by atoms with Gasteiger partial charge in [-0.05, 0) is 26.8 Å². The van der Waals surface area contributed by atoms with Crippen LogP contribution in [0.5, 0.6) is 0 Å². The minimum absolute atomic E-state index is 0.226. The predicted octanol–water partition coefficient (Wildman–Crippen LogP) is 3.49. The fourth-order valence-corrected chi connectivity index (χ4v) is 1.76. The highest BCUT2D eigenvalue weighted by Gasteiger charge is 2.05. The quantitative estimate of drug-likeness (QED) is 0.532. The van der Waals surface area contributed by atoms with Crippen LogP contribution in [0.2, 0.25) is 0 Å². The molecule has 0 aliphatic heterocycles. The Kier molecular flexibility index (Phi) is 11.3. The number of aliphatic hydroxyl groups is 1. The predicted molar refractivity (Wildman–Crippen MR) is 71.8 cm³/mol. The molecular weight excluding hydrogens is 198 g/mol. The minimum atomic E-state index is -0.242. The molecule has 2 N–H and O–H groups in total. The van der Waals surface area contributed by atoms with Crippen molar-refractivity contribution in [1.29, 1.82) is 0 Å². The Morgan fingerprint density at radius 2 is 1.38 bits per heavy atom. The van der Waals surface area contributed by atoms with E-state index in [1.807, 2.05) is 13.8 Å². The van der Waals surface area contributed by atoms with Gasteiger partial charge in [0.15, 0.2) is 0 Å². The number of unbranched alkanes of at least 4 members (excludes halogenated alkanes) is 7. The molecule has 2 atom stereocenters. The van der Waals surface area contributed by atoms with E-state index in [0.29, 0.717) is 0 Å². The number of nitrogens with one attached hydrogen (secondary N) is 1. The molecule has 0 aliphatic rings. The van der Waals surface area contributed by atoms with Crippen LogP contribution in [0.1, 0.15) is 72.1 Å². The molecule has 0 aromatic carbocycles. The topological polar surface area (TPSA) is 32.3 Å². The molecule has 0 rings (SSSR count). The first kappa shape index (κ1) is 15.9. The van der Waals surface area contributed by atoms with Crippen LogP contribution in [-0.4, -0.2) is 23.8 Å². The SMILES string of the molecule is CCCCCCCCCCNC(C)C(C)O. The summed E-state index contributed by atoms with van der Waals surface area (Å²) in [5, 5.41) is 12.6. The molecule has 0 heterocycles. The fourth-order valence-electron chi connectivity index (χ4n) is 1.76. The Morgan fingerprint density at radius 1 is 0.875 bits per heavy atom. The van der Waals surface area contributed by atoms with Gasteiger partial charge in [0.2, 0.25) is 0 Å². The smallest absolute Gasteiger partial charge is 0.0662 e. The molecule has 0 aromatic rings. The summed E-state index contributed by atoms with van der Waals surface area (Å²) in [4.78, 5) is 0. The fraction of sp³-hybridized carbons (Fsp3) is 1.00. The average Bonchev–Trinajstić information content (AvgIpc) is 2.26. The van der Waals surface area contributed by atoms with Gasteiger partial charge < -0.3 is 10.4 Å². The van der Waals surface area contributed by atoms with E-state index in [9.17, 15) is 5.11 Å². The van der Waals surface area contributed by atoms with Crippen LogP contribution < -0.4 is 5.32 Å². The summed E-state index contributed by atoms with van der Waals surface area (Å²) in [5.74, 6) is 0. The number of hydrogen-bond donors (Lipinski definition) is 2. The summed E-state index contributed by atoms with van der Waals surface area (Å²) in [7, 11) is 0. The van der Waals surface area contributed by atoms with Gasteiger partial charge in [0.1, 0.15) is 0 Å². The van der Waals surface area contributed by atoms with E-state index >= 15 is 0 Å². The summed E-state index contributed by atoms with van der Waals surface area (Å²) in [6, 6.07) is 0.226. The van der Waals surface area contributed by atoms with E-state index in [4.69, 9.17) is 0 Å². The zero-order chi connectivity index (χ0) is 12.2. The highest BCUT2D eigenvalue weighted by atomic mass is 16.3. The first-order valence-corrected chi connectivity index (χ1v) is 7.10. The Labute approximate surface area is 102 Å². The maximum atomic E-state index is 9.28. The van der Waals surface area contributed by atoms with Gasteiger partial charge in [0.25, 0.3) is 0 Å². The second kappa shape index (κ2) is 11.4. The summed E-state index contributed by atoms with van der Waals surface area (Å²) in [5.41, 5.74) is 0. The molecule has 0 saturated carbocycles. The van der Waals surface area contributed by atoms with Crippen molar-refractivity contribution in [2.75, 3.05) is 6.54 Å². The average molecular weight is 229 g/mol. The number of hydrogen-bond acceptors (Lipinski definition) is 2. The van der Waals surface area contributed by atoms with Crippen LogP contribution in [0.4, 0.5) is 0 Å². The molecule has 2 unspecified atom stereocenters. The number of aliphatic hydroxyl groups excluding tert-OH is 1. The molecule has 0 saturated heterocycles. The molecule has 0 aromatic heterocycles. The standard InChI is InChI=1S/C14H31NO/c1-4-5-6-7-8-9-10-11-12-15-13(2)14(3)16/h13-16H,4-12H2,1-3H3. The molecule has 0 amide bonds. The molecule has 0 bridgehead atoms. The first-order valence-electron chi connectivity index (χ1n) is 7.10. The third-order valence-electron chi connectivity index (χ3n) is 3.22. The second-order valence-electron chi connectivity index (χ2n) is 4.96. The van der Waals surface area contributed by atoms with Crippen LogP contribution >= 0.6 is 0 Å². The lowest BCUT2D eigenvalue weighted by atomic mass is 10.1. The number of rotatable bonds is 11. The maximum absolute atomic E-state index is 9.28. The second-order valence-corrected chi connectivity index (χ2v) is 4.96. The Hall–Kier alpha value is -0.0800. The lowest BCUT2D eigenvalue weighted by Crippen LogP contribution is -2.35. The van der Waals surface area contributed by atoms with Crippen molar-refractivity contribution in [3.05, 3.63) is 0 Å². The van der Waals surface area contributed by atoms with Crippen molar-refractivity contribution in [1.82, 2.24) is 5.32 Å². The van der Waals surface area contributed by atoms with Crippen LogP contribution in [0, 0.1) is 0 Å². The van der Waals surface area contributed by atoms with Crippen molar-refractivity contribution >= 4 is 0 Å². The molecule has 0 radical (unpaired) electrons. The van der Waals surface area contributed by atoms with Gasteiger partial charge in [-0.3, -0.25) is 0 Å². The van der Waals surface area contributed by atoms with E-state index < -0.39 is 0 Å². The van der Waals surface area contributed by atoms with Crippen molar-refractivity contribution in [3.63, 3.8) is 0 Å². The van der Waals surface area contributed by atoms with Crippen LogP contribution in [0.3, 0.4) is 0 Å². The van der Waals surface area contributed by atoms with E-state index in [1.165, 1.54) is 51.4 Å². The van der Waals surface area contributed by atoms with Gasteiger partial charge in [-0.1, -0.05) is 51.9 Å². The van der Waals surface area contributed by atoms with Gasteiger partial charge in [-0.2, -0.15) is 0 Å². The highest BCUT2D eigenvalue weighted by Crippen LogP contribution is 2.07. The van der Waals surface area contributed by atoms with E-state index in [2.05, 4.69) is 12.2 Å². The van der Waals surface area contributed by atoms with Crippen LogP contribution in [0.25, 0.3) is 0 Å². The Balaban J connectivity index is 3.04. The van der Waals surface area contributed by atoms with Gasteiger partial charge in [-0.25, -0.2) is 0 Å². The summed E-state index contributed by atoms with van der Waals surface area (Å²) in [6.45, 7) is 7.18.